The van der Waals surface area contributed by atoms with Crippen LogP contribution >= 0.6 is 0 Å². The first-order valence-corrected chi connectivity index (χ1v) is 7.54. The Hall–Kier alpha value is -1.39. The number of piperazine rings is 1. The number of nitrogens with one attached hydrogen (secondary N) is 2. The normalized spacial score (nSPS) is 21.4. The molecule has 0 aromatic heterocycles. The highest BCUT2D eigenvalue weighted by Gasteiger charge is 2.44. The van der Waals surface area contributed by atoms with Crippen LogP contribution in [0.15, 0.2) is 30.3 Å². The fourth-order valence-corrected chi connectivity index (χ4v) is 2.91. The van der Waals surface area contributed by atoms with Crippen molar-refractivity contribution in [3.8, 4) is 0 Å². The largest absolute Gasteiger partial charge is 0.354 e. The molecule has 1 saturated heterocycles. The average molecular weight is 273 g/mol. The Balaban J connectivity index is 1.48. The van der Waals surface area contributed by atoms with E-state index in [9.17, 15) is 4.79 Å². The third-order valence-corrected chi connectivity index (χ3v) is 4.44. The van der Waals surface area contributed by atoms with E-state index in [-0.39, 0.29) is 11.3 Å². The number of carbonyl (C=O) groups is 1. The Morgan fingerprint density at radius 2 is 1.90 bits per heavy atom. The molecule has 1 heterocycles. The predicted molar refractivity (Wildman–Crippen MR) is 79.7 cm³/mol. The Morgan fingerprint density at radius 1 is 1.20 bits per heavy atom. The van der Waals surface area contributed by atoms with Gasteiger partial charge in [0.2, 0.25) is 5.91 Å². The van der Waals surface area contributed by atoms with Crippen LogP contribution in [0.25, 0.3) is 0 Å². The summed E-state index contributed by atoms with van der Waals surface area (Å²) < 4.78 is 0. The minimum atomic E-state index is 0.161. The summed E-state index contributed by atoms with van der Waals surface area (Å²) in [7, 11) is 0. The predicted octanol–water partition coefficient (Wildman–Crippen LogP) is 0.740. The lowest BCUT2D eigenvalue weighted by Gasteiger charge is -2.27. The van der Waals surface area contributed by atoms with E-state index in [2.05, 4.69) is 39.8 Å². The molecule has 108 valence electrons. The molecule has 1 aliphatic carbocycles. The second kappa shape index (κ2) is 5.94. The summed E-state index contributed by atoms with van der Waals surface area (Å²) in [6, 6.07) is 10.6. The maximum Gasteiger partial charge on any atom is 0.234 e. The summed E-state index contributed by atoms with van der Waals surface area (Å²) in [5.74, 6) is 0.161. The molecule has 1 aromatic rings. The lowest BCUT2D eigenvalue weighted by atomic mass is 9.96. The number of benzene rings is 1. The van der Waals surface area contributed by atoms with Gasteiger partial charge in [-0.2, -0.15) is 0 Å². The summed E-state index contributed by atoms with van der Waals surface area (Å²) in [4.78, 5) is 14.3. The van der Waals surface area contributed by atoms with E-state index in [0.29, 0.717) is 6.54 Å². The molecule has 0 spiro atoms. The Labute approximate surface area is 120 Å². The summed E-state index contributed by atoms with van der Waals surface area (Å²) >= 11 is 0. The fourth-order valence-electron chi connectivity index (χ4n) is 2.91. The van der Waals surface area contributed by atoms with Gasteiger partial charge in [0.05, 0.1) is 6.54 Å². The molecule has 1 amide bonds. The first-order valence-electron chi connectivity index (χ1n) is 7.54. The van der Waals surface area contributed by atoms with Crippen LogP contribution in [-0.2, 0) is 10.2 Å². The number of hydrogen-bond acceptors (Lipinski definition) is 3. The van der Waals surface area contributed by atoms with E-state index in [1.165, 1.54) is 18.4 Å². The van der Waals surface area contributed by atoms with Crippen molar-refractivity contribution in [2.75, 3.05) is 39.3 Å². The standard InChI is InChI=1S/C16H23N3O/c20-15(12-19-10-8-17-9-11-19)18-13-16(6-7-16)14-4-2-1-3-5-14/h1-5,17H,6-13H2,(H,18,20). The van der Waals surface area contributed by atoms with Crippen LogP contribution in [0.4, 0.5) is 0 Å². The fraction of sp³-hybridized carbons (Fsp3) is 0.562. The third-order valence-electron chi connectivity index (χ3n) is 4.44. The summed E-state index contributed by atoms with van der Waals surface area (Å²) in [5.41, 5.74) is 1.57. The Morgan fingerprint density at radius 3 is 2.55 bits per heavy atom. The quantitative estimate of drug-likeness (QED) is 0.832. The van der Waals surface area contributed by atoms with Crippen LogP contribution in [0, 0.1) is 0 Å². The number of carbonyl (C=O) groups excluding carboxylic acids is 1. The number of rotatable bonds is 5. The molecule has 0 bridgehead atoms. The van der Waals surface area contributed by atoms with Crippen LogP contribution in [0.3, 0.4) is 0 Å². The first kappa shape index (κ1) is 13.6. The van der Waals surface area contributed by atoms with E-state index < -0.39 is 0 Å². The molecule has 0 unspecified atom stereocenters. The number of amides is 1. The highest BCUT2D eigenvalue weighted by Crippen LogP contribution is 2.47. The van der Waals surface area contributed by atoms with Crippen LogP contribution in [-0.4, -0.2) is 50.1 Å². The molecule has 0 radical (unpaired) electrons. The molecule has 20 heavy (non-hydrogen) atoms. The lowest BCUT2D eigenvalue weighted by molar-refractivity contribution is -0.122. The topological polar surface area (TPSA) is 44.4 Å². The van der Waals surface area contributed by atoms with Crippen LogP contribution < -0.4 is 10.6 Å². The van der Waals surface area contributed by atoms with E-state index in [4.69, 9.17) is 0 Å². The monoisotopic (exact) mass is 273 g/mol. The zero-order valence-electron chi connectivity index (χ0n) is 11.9. The summed E-state index contributed by atoms with van der Waals surface area (Å²) in [6.45, 7) is 5.23. The maximum absolute atomic E-state index is 12.0. The van der Waals surface area contributed by atoms with E-state index in [0.717, 1.165) is 32.7 Å². The molecule has 2 N–H and O–H groups in total. The molecule has 2 fully saturated rings. The van der Waals surface area contributed by atoms with Crippen molar-refractivity contribution in [3.05, 3.63) is 35.9 Å². The van der Waals surface area contributed by atoms with Crippen molar-refractivity contribution in [1.82, 2.24) is 15.5 Å². The van der Waals surface area contributed by atoms with E-state index in [1.807, 2.05) is 6.07 Å². The zero-order valence-corrected chi connectivity index (χ0v) is 11.9. The van der Waals surface area contributed by atoms with Crippen LogP contribution in [0.1, 0.15) is 18.4 Å². The van der Waals surface area contributed by atoms with Gasteiger partial charge in [-0.3, -0.25) is 9.69 Å². The number of nitrogens with zero attached hydrogens (tertiary/aromatic N) is 1. The van der Waals surface area contributed by atoms with Gasteiger partial charge in [-0.25, -0.2) is 0 Å². The lowest BCUT2D eigenvalue weighted by Crippen LogP contribution is -2.48. The van der Waals surface area contributed by atoms with Crippen LogP contribution in [0.2, 0.25) is 0 Å². The molecule has 1 aromatic carbocycles. The van der Waals surface area contributed by atoms with Crippen molar-refractivity contribution < 1.29 is 4.79 Å². The summed E-state index contributed by atoms with van der Waals surface area (Å²) in [6.07, 6.45) is 2.37. The first-order chi connectivity index (χ1) is 9.78. The van der Waals surface area contributed by atoms with Gasteiger partial charge in [-0.15, -0.1) is 0 Å². The molecular formula is C16H23N3O. The van der Waals surface area contributed by atoms with Gasteiger partial charge in [-0.05, 0) is 18.4 Å². The van der Waals surface area contributed by atoms with E-state index in [1.54, 1.807) is 0 Å². The van der Waals surface area contributed by atoms with Gasteiger partial charge in [0.25, 0.3) is 0 Å². The second-order valence-electron chi connectivity index (χ2n) is 5.95. The zero-order chi connectivity index (χ0) is 13.8. The SMILES string of the molecule is O=C(CN1CCNCC1)NCC1(c2ccccc2)CC1. The Bertz CT molecular complexity index is 450. The minimum absolute atomic E-state index is 0.161. The van der Waals surface area contributed by atoms with Gasteiger partial charge in [0.1, 0.15) is 0 Å². The molecular weight excluding hydrogens is 250 g/mol. The van der Waals surface area contributed by atoms with Gasteiger partial charge in [0, 0.05) is 38.1 Å². The molecule has 1 saturated carbocycles. The molecule has 2 aliphatic rings. The molecule has 0 atom stereocenters. The number of hydrogen-bond donors (Lipinski definition) is 2. The minimum Gasteiger partial charge on any atom is -0.354 e. The van der Waals surface area contributed by atoms with Crippen molar-refractivity contribution in [1.29, 1.82) is 0 Å². The Kier molecular flexibility index (Phi) is 4.03. The van der Waals surface area contributed by atoms with E-state index >= 15 is 0 Å². The van der Waals surface area contributed by atoms with Crippen molar-refractivity contribution in [2.45, 2.75) is 18.3 Å². The second-order valence-corrected chi connectivity index (χ2v) is 5.95. The van der Waals surface area contributed by atoms with Gasteiger partial charge in [-0.1, -0.05) is 30.3 Å². The van der Waals surface area contributed by atoms with Crippen molar-refractivity contribution >= 4 is 5.91 Å². The van der Waals surface area contributed by atoms with Gasteiger partial charge >= 0.3 is 0 Å². The average Bonchev–Trinajstić information content (AvgIpc) is 3.28. The molecule has 1 aliphatic heterocycles. The van der Waals surface area contributed by atoms with Gasteiger partial charge in [0.15, 0.2) is 0 Å². The highest BCUT2D eigenvalue weighted by atomic mass is 16.2. The molecule has 4 heteroatoms. The smallest absolute Gasteiger partial charge is 0.234 e. The van der Waals surface area contributed by atoms with Crippen LogP contribution in [0.5, 0.6) is 0 Å². The third kappa shape index (κ3) is 3.19. The molecule has 3 rings (SSSR count). The van der Waals surface area contributed by atoms with Gasteiger partial charge < -0.3 is 10.6 Å². The van der Waals surface area contributed by atoms with Crippen molar-refractivity contribution in [3.63, 3.8) is 0 Å². The molecule has 4 nitrogen and oxygen atoms in total. The van der Waals surface area contributed by atoms with Crippen molar-refractivity contribution in [2.24, 2.45) is 0 Å². The summed E-state index contributed by atoms with van der Waals surface area (Å²) in [5, 5.41) is 6.43. The highest BCUT2D eigenvalue weighted by molar-refractivity contribution is 5.78. The maximum atomic E-state index is 12.0.